The van der Waals surface area contributed by atoms with Crippen molar-refractivity contribution in [3.05, 3.63) is 71.3 Å². The molecule has 3 rings (SSSR count). The Morgan fingerprint density at radius 3 is 2.59 bits per heavy atom. The van der Waals surface area contributed by atoms with Gasteiger partial charge in [0.15, 0.2) is 0 Å². The molecule has 1 aliphatic carbocycles. The van der Waals surface area contributed by atoms with E-state index in [0.717, 1.165) is 30.4 Å². The lowest BCUT2D eigenvalue weighted by molar-refractivity contribution is -0.122. The highest BCUT2D eigenvalue weighted by Gasteiger charge is 2.28. The predicted molar refractivity (Wildman–Crippen MR) is 126 cm³/mol. The number of allylic oxidation sites excluding steroid dienone is 1. The van der Waals surface area contributed by atoms with Gasteiger partial charge in [-0.05, 0) is 68.7 Å². The van der Waals surface area contributed by atoms with Gasteiger partial charge in [0.05, 0.1) is 7.11 Å². The van der Waals surface area contributed by atoms with Gasteiger partial charge >= 0.3 is 0 Å². The van der Waals surface area contributed by atoms with Gasteiger partial charge in [0.25, 0.3) is 0 Å². The van der Waals surface area contributed by atoms with Gasteiger partial charge < -0.3 is 10.1 Å². The summed E-state index contributed by atoms with van der Waals surface area (Å²) in [7, 11) is -2.55. The molecule has 0 saturated carbocycles. The number of hydrogen-bond donors (Lipinski definition) is 2. The fourth-order valence-corrected chi connectivity index (χ4v) is 5.33. The summed E-state index contributed by atoms with van der Waals surface area (Å²) in [6.45, 7) is 2.30. The van der Waals surface area contributed by atoms with Crippen molar-refractivity contribution >= 4 is 15.9 Å². The van der Waals surface area contributed by atoms with Gasteiger partial charge in [-0.2, -0.15) is 4.72 Å². The average Bonchev–Trinajstić information content (AvgIpc) is 2.80. The zero-order chi connectivity index (χ0) is 23.0. The number of nitrogens with one attached hydrogen (secondary N) is 2. The molecule has 0 radical (unpaired) electrons. The molecule has 1 amide bonds. The van der Waals surface area contributed by atoms with Crippen LogP contribution in [0.2, 0.25) is 0 Å². The van der Waals surface area contributed by atoms with Crippen LogP contribution in [0, 0.1) is 6.92 Å². The Morgan fingerprint density at radius 2 is 1.91 bits per heavy atom. The Morgan fingerprint density at radius 1 is 1.12 bits per heavy atom. The zero-order valence-electron chi connectivity index (χ0n) is 18.8. The Hall–Kier alpha value is -2.64. The molecular weight excluding hydrogens is 424 g/mol. The van der Waals surface area contributed by atoms with Gasteiger partial charge in [0, 0.05) is 6.54 Å². The number of sulfonamides is 1. The molecule has 1 unspecified atom stereocenters. The second-order valence-electron chi connectivity index (χ2n) is 8.17. The van der Waals surface area contributed by atoms with E-state index < -0.39 is 16.1 Å². The largest absolute Gasteiger partial charge is 0.495 e. The third-order valence-electron chi connectivity index (χ3n) is 5.64. The summed E-state index contributed by atoms with van der Waals surface area (Å²) in [5.74, 6) is -0.0911. The molecule has 0 aliphatic heterocycles. The van der Waals surface area contributed by atoms with Gasteiger partial charge in [0.2, 0.25) is 15.9 Å². The second-order valence-corrected chi connectivity index (χ2v) is 9.85. The quantitative estimate of drug-likeness (QED) is 0.531. The van der Waals surface area contributed by atoms with E-state index in [-0.39, 0.29) is 23.0 Å². The molecule has 2 aromatic carbocycles. The standard InChI is InChI=1S/C25H32N2O4S/c1-19-13-14-23(31-2)24(17-19)32(29,30)27-22(18-21-11-7-4-8-12-21)25(28)26-16-15-20-9-5-3-6-10-20/h4,7-9,11-14,17,22,27H,3,5-6,10,15-16,18H2,1-2H3,(H,26,28). The third-order valence-corrected chi connectivity index (χ3v) is 7.13. The minimum Gasteiger partial charge on any atom is -0.495 e. The molecule has 0 aromatic heterocycles. The van der Waals surface area contributed by atoms with Crippen LogP contribution < -0.4 is 14.8 Å². The average molecular weight is 457 g/mol. The molecule has 0 fully saturated rings. The summed E-state index contributed by atoms with van der Waals surface area (Å²) in [5, 5.41) is 2.93. The van der Waals surface area contributed by atoms with E-state index in [9.17, 15) is 13.2 Å². The van der Waals surface area contributed by atoms with Crippen LogP contribution in [-0.2, 0) is 21.2 Å². The molecule has 7 heteroatoms. The zero-order valence-corrected chi connectivity index (χ0v) is 19.6. The van der Waals surface area contributed by atoms with Crippen LogP contribution in [0.25, 0.3) is 0 Å². The number of methoxy groups -OCH3 is 1. The number of ether oxygens (including phenoxy) is 1. The number of rotatable bonds is 10. The highest BCUT2D eigenvalue weighted by molar-refractivity contribution is 7.89. The van der Waals surface area contributed by atoms with Crippen LogP contribution in [0.4, 0.5) is 0 Å². The van der Waals surface area contributed by atoms with E-state index in [4.69, 9.17) is 4.74 Å². The normalized spacial score (nSPS) is 15.0. The Balaban J connectivity index is 1.76. The highest BCUT2D eigenvalue weighted by Crippen LogP contribution is 2.25. The molecule has 6 nitrogen and oxygen atoms in total. The van der Waals surface area contributed by atoms with E-state index in [0.29, 0.717) is 6.54 Å². The lowest BCUT2D eigenvalue weighted by Gasteiger charge is -2.20. The number of amides is 1. The molecule has 1 atom stereocenters. The predicted octanol–water partition coefficient (Wildman–Crippen LogP) is 3.90. The SMILES string of the molecule is COc1ccc(C)cc1S(=O)(=O)NC(Cc1ccccc1)C(=O)NCCC1=CCCCC1. The fraction of sp³-hybridized carbons (Fsp3) is 0.400. The highest BCUT2D eigenvalue weighted by atomic mass is 32.2. The fourth-order valence-electron chi connectivity index (χ4n) is 3.88. The van der Waals surface area contributed by atoms with Crippen LogP contribution >= 0.6 is 0 Å². The van der Waals surface area contributed by atoms with Gasteiger partial charge in [-0.1, -0.05) is 48.0 Å². The molecule has 172 valence electrons. The summed E-state index contributed by atoms with van der Waals surface area (Å²) in [4.78, 5) is 13.1. The number of hydrogen-bond acceptors (Lipinski definition) is 4. The maximum Gasteiger partial charge on any atom is 0.244 e. The Bertz CT molecular complexity index is 1050. The van der Waals surface area contributed by atoms with Crippen molar-refractivity contribution in [3.8, 4) is 5.75 Å². The molecule has 0 bridgehead atoms. The number of carbonyl (C=O) groups excluding carboxylic acids is 1. The van der Waals surface area contributed by atoms with Crippen molar-refractivity contribution in [1.82, 2.24) is 10.0 Å². The first-order valence-electron chi connectivity index (χ1n) is 11.1. The molecule has 2 N–H and O–H groups in total. The van der Waals surface area contributed by atoms with Crippen molar-refractivity contribution in [1.29, 1.82) is 0 Å². The van der Waals surface area contributed by atoms with Crippen LogP contribution in [0.15, 0.2) is 65.1 Å². The Labute approximate surface area is 191 Å². The maximum atomic E-state index is 13.2. The van der Waals surface area contributed by atoms with Gasteiger partial charge in [-0.15, -0.1) is 0 Å². The first-order chi connectivity index (χ1) is 15.4. The number of benzene rings is 2. The smallest absolute Gasteiger partial charge is 0.244 e. The molecule has 0 saturated heterocycles. The second kappa shape index (κ2) is 11.3. The minimum atomic E-state index is -3.98. The summed E-state index contributed by atoms with van der Waals surface area (Å²) in [5.41, 5.74) is 3.03. The van der Waals surface area contributed by atoms with Gasteiger partial charge in [-0.3, -0.25) is 4.79 Å². The number of carbonyl (C=O) groups is 1. The van der Waals surface area contributed by atoms with Crippen molar-refractivity contribution in [2.75, 3.05) is 13.7 Å². The van der Waals surface area contributed by atoms with Crippen molar-refractivity contribution < 1.29 is 17.9 Å². The van der Waals surface area contributed by atoms with Crippen molar-refractivity contribution in [2.24, 2.45) is 0 Å². The van der Waals surface area contributed by atoms with Crippen molar-refractivity contribution in [3.63, 3.8) is 0 Å². The first kappa shape index (κ1) is 24.0. The topological polar surface area (TPSA) is 84.5 Å². The molecule has 32 heavy (non-hydrogen) atoms. The molecular formula is C25H32N2O4S. The van der Waals surface area contributed by atoms with Crippen LogP contribution in [-0.4, -0.2) is 34.0 Å². The summed E-state index contributed by atoms with van der Waals surface area (Å²) in [6.07, 6.45) is 7.88. The monoisotopic (exact) mass is 456 g/mol. The van der Waals surface area contributed by atoms with E-state index in [1.807, 2.05) is 37.3 Å². The lowest BCUT2D eigenvalue weighted by Crippen LogP contribution is -2.48. The van der Waals surface area contributed by atoms with Gasteiger partial charge in [-0.25, -0.2) is 8.42 Å². The van der Waals surface area contributed by atoms with E-state index >= 15 is 0 Å². The lowest BCUT2D eigenvalue weighted by atomic mass is 9.97. The first-order valence-corrected chi connectivity index (χ1v) is 12.5. The molecule has 0 heterocycles. The van der Waals surface area contributed by atoms with Crippen LogP contribution in [0.5, 0.6) is 5.75 Å². The van der Waals surface area contributed by atoms with E-state index in [1.165, 1.54) is 25.5 Å². The van der Waals surface area contributed by atoms with Crippen LogP contribution in [0.3, 0.4) is 0 Å². The Kier molecular flexibility index (Phi) is 8.47. The summed E-state index contributed by atoms with van der Waals surface area (Å²) < 4.78 is 34.3. The molecule has 0 spiro atoms. The third kappa shape index (κ3) is 6.68. The number of aryl methyl sites for hydroxylation is 1. The minimum absolute atomic E-state index is 0.0261. The maximum absolute atomic E-state index is 13.2. The molecule has 2 aromatic rings. The van der Waals surface area contributed by atoms with Crippen molar-refractivity contribution in [2.45, 2.75) is 56.4 Å². The summed E-state index contributed by atoms with van der Waals surface area (Å²) in [6, 6.07) is 13.4. The van der Waals surface area contributed by atoms with Crippen LogP contribution in [0.1, 0.15) is 43.2 Å². The molecule has 1 aliphatic rings. The van der Waals surface area contributed by atoms with Gasteiger partial charge in [0.1, 0.15) is 16.7 Å². The van der Waals surface area contributed by atoms with E-state index in [2.05, 4.69) is 16.1 Å². The summed E-state index contributed by atoms with van der Waals surface area (Å²) >= 11 is 0. The van der Waals surface area contributed by atoms with E-state index in [1.54, 1.807) is 18.2 Å².